The van der Waals surface area contributed by atoms with Crippen molar-refractivity contribution in [2.45, 2.75) is 72.1 Å². The first-order valence-corrected chi connectivity index (χ1v) is 13.3. The number of quaternary nitrogens is 1. The first kappa shape index (κ1) is 27.8. The van der Waals surface area contributed by atoms with Gasteiger partial charge in [-0.3, -0.25) is 0 Å². The van der Waals surface area contributed by atoms with Crippen molar-refractivity contribution in [3.05, 3.63) is 48.5 Å². The summed E-state index contributed by atoms with van der Waals surface area (Å²) in [6.07, 6.45) is 10.5. The molecule has 188 valence electrons. The molecule has 0 spiro atoms. The average Bonchev–Trinajstić information content (AvgIpc) is 2.89. The highest BCUT2D eigenvalue weighted by molar-refractivity contribution is 5.44. The number of unbranched alkanes of at least 4 members (excludes halogenated alkanes) is 7. The van der Waals surface area contributed by atoms with Gasteiger partial charge in [0.05, 0.1) is 51.3 Å². The minimum Gasteiger partial charge on any atom is -0.497 e. The first-order valence-electron chi connectivity index (χ1n) is 13.3. The van der Waals surface area contributed by atoms with Gasteiger partial charge in [-0.2, -0.15) is 10.2 Å². The molecule has 0 aliphatic heterocycles. The fourth-order valence-electron chi connectivity index (χ4n) is 4.32. The van der Waals surface area contributed by atoms with E-state index in [1.54, 1.807) is 7.11 Å². The topological polar surface area (TPSA) is 43.2 Å². The lowest BCUT2D eigenvalue weighted by Gasteiger charge is -2.35. The molecule has 5 heteroatoms. The van der Waals surface area contributed by atoms with E-state index in [1.165, 1.54) is 75.6 Å². The molecule has 0 radical (unpaired) electrons. The molecule has 0 atom stereocenters. The largest absolute Gasteiger partial charge is 0.497 e. The number of nitrogens with zero attached hydrogens (tertiary/aromatic N) is 3. The monoisotopic (exact) mass is 468 g/mol. The van der Waals surface area contributed by atoms with Crippen molar-refractivity contribution < 1.29 is 14.0 Å². The van der Waals surface area contributed by atoms with Crippen LogP contribution in [-0.4, -0.2) is 44.4 Å². The molecular formula is C29H46N3O2+. The number of ether oxygens (including phenoxy) is 2. The number of azo groups is 1. The van der Waals surface area contributed by atoms with Crippen LogP contribution in [0.4, 0.5) is 11.4 Å². The molecule has 0 N–H and O–H groups in total. The molecule has 2 aromatic carbocycles. The molecule has 0 saturated carbocycles. The van der Waals surface area contributed by atoms with Crippen molar-refractivity contribution in [1.29, 1.82) is 0 Å². The van der Waals surface area contributed by atoms with E-state index in [-0.39, 0.29) is 0 Å². The Kier molecular flexibility index (Phi) is 13.3. The Labute approximate surface area is 207 Å². The molecule has 0 bridgehead atoms. The molecule has 0 fully saturated rings. The van der Waals surface area contributed by atoms with Crippen molar-refractivity contribution in [3.63, 3.8) is 0 Å². The van der Waals surface area contributed by atoms with Crippen LogP contribution in [0.1, 0.15) is 72.1 Å². The molecule has 2 rings (SSSR count). The van der Waals surface area contributed by atoms with Gasteiger partial charge < -0.3 is 14.0 Å². The third kappa shape index (κ3) is 10.3. The first-order chi connectivity index (χ1) is 16.6. The lowest BCUT2D eigenvalue weighted by Crippen LogP contribution is -2.48. The van der Waals surface area contributed by atoms with Crippen LogP contribution in [0.15, 0.2) is 58.8 Å². The van der Waals surface area contributed by atoms with Crippen LogP contribution >= 0.6 is 0 Å². The molecule has 0 saturated heterocycles. The minimum atomic E-state index is 0.776. The van der Waals surface area contributed by atoms with Crippen LogP contribution in [-0.2, 0) is 0 Å². The summed E-state index contributed by atoms with van der Waals surface area (Å²) < 4.78 is 12.3. The lowest BCUT2D eigenvalue weighted by atomic mass is 10.1. The fraction of sp³-hybridized carbons (Fsp3) is 0.586. The van der Waals surface area contributed by atoms with Gasteiger partial charge in [-0.25, -0.2) is 0 Å². The Bertz CT molecular complexity index is 791. The summed E-state index contributed by atoms with van der Waals surface area (Å²) in [7, 11) is 1.65. The molecule has 0 unspecified atom stereocenters. The van der Waals surface area contributed by atoms with Gasteiger partial charge in [0.15, 0.2) is 0 Å². The molecule has 0 aromatic heterocycles. The predicted octanol–water partition coefficient (Wildman–Crippen LogP) is 8.49. The molecule has 2 aromatic rings. The SMILES string of the molecule is CC[N+](CC)(CC)CCCCCCCCCCOc1ccc(N=Nc2ccc(OC)cc2)cc1. The van der Waals surface area contributed by atoms with Crippen LogP contribution in [0.3, 0.4) is 0 Å². The third-order valence-electron chi connectivity index (χ3n) is 7.00. The summed E-state index contributed by atoms with van der Waals surface area (Å²) in [5.74, 6) is 1.71. The van der Waals surface area contributed by atoms with E-state index in [4.69, 9.17) is 9.47 Å². The highest BCUT2D eigenvalue weighted by Crippen LogP contribution is 2.23. The predicted molar refractivity (Wildman–Crippen MR) is 143 cm³/mol. The van der Waals surface area contributed by atoms with Crippen LogP contribution in [0.5, 0.6) is 11.5 Å². The smallest absolute Gasteiger partial charge is 0.119 e. The van der Waals surface area contributed by atoms with Gasteiger partial charge in [0, 0.05) is 0 Å². The van der Waals surface area contributed by atoms with Crippen LogP contribution in [0, 0.1) is 0 Å². The van der Waals surface area contributed by atoms with E-state index in [9.17, 15) is 0 Å². The average molecular weight is 469 g/mol. The van der Waals surface area contributed by atoms with Gasteiger partial charge in [-0.1, -0.05) is 32.1 Å². The number of benzene rings is 2. The maximum absolute atomic E-state index is 5.88. The van der Waals surface area contributed by atoms with E-state index in [2.05, 4.69) is 31.0 Å². The van der Waals surface area contributed by atoms with Crippen molar-refractivity contribution in [3.8, 4) is 11.5 Å². The molecule has 0 heterocycles. The number of rotatable bonds is 18. The van der Waals surface area contributed by atoms with Crippen molar-refractivity contribution in [2.75, 3.05) is 39.9 Å². The second-order valence-corrected chi connectivity index (χ2v) is 9.08. The van der Waals surface area contributed by atoms with Crippen LogP contribution in [0.2, 0.25) is 0 Å². The van der Waals surface area contributed by atoms with Gasteiger partial charge >= 0.3 is 0 Å². The van der Waals surface area contributed by atoms with Crippen LogP contribution < -0.4 is 9.47 Å². The number of hydrogen-bond acceptors (Lipinski definition) is 4. The molecule has 34 heavy (non-hydrogen) atoms. The minimum absolute atomic E-state index is 0.776. The van der Waals surface area contributed by atoms with Gasteiger partial charge in [0.25, 0.3) is 0 Å². The standard InChI is InChI=1S/C29H46N3O2/c1-5-32(6-2,7-3)24-14-12-10-8-9-11-13-15-25-34-29-22-18-27(19-23-29)31-30-26-16-20-28(33-4)21-17-26/h16-23H,5-15,24-25H2,1-4H3/q+1. The zero-order valence-corrected chi connectivity index (χ0v) is 22.0. The lowest BCUT2D eigenvalue weighted by molar-refractivity contribution is -0.923. The summed E-state index contributed by atoms with van der Waals surface area (Å²) in [5, 5.41) is 8.54. The summed E-state index contributed by atoms with van der Waals surface area (Å²) in [6, 6.07) is 15.3. The quantitative estimate of drug-likeness (QED) is 0.125. The summed E-state index contributed by atoms with van der Waals surface area (Å²) in [6.45, 7) is 13.0. The van der Waals surface area contributed by atoms with E-state index < -0.39 is 0 Å². The van der Waals surface area contributed by atoms with Gasteiger partial charge in [-0.15, -0.1) is 0 Å². The second kappa shape index (κ2) is 16.3. The summed E-state index contributed by atoms with van der Waals surface area (Å²) in [5.41, 5.74) is 1.61. The van der Waals surface area contributed by atoms with Crippen molar-refractivity contribution in [2.24, 2.45) is 10.2 Å². The Morgan fingerprint density at radius 2 is 1.03 bits per heavy atom. The van der Waals surface area contributed by atoms with Gasteiger partial charge in [0.1, 0.15) is 11.5 Å². The summed E-state index contributed by atoms with van der Waals surface area (Å²) in [4.78, 5) is 0. The maximum atomic E-state index is 5.88. The molecule has 0 aliphatic rings. The van der Waals surface area contributed by atoms with E-state index >= 15 is 0 Å². The molecular weight excluding hydrogens is 422 g/mol. The van der Waals surface area contributed by atoms with Gasteiger partial charge in [-0.05, 0) is 88.6 Å². The van der Waals surface area contributed by atoms with E-state index in [0.29, 0.717) is 0 Å². The molecule has 0 amide bonds. The Morgan fingerprint density at radius 3 is 1.50 bits per heavy atom. The molecule has 5 nitrogen and oxygen atoms in total. The van der Waals surface area contributed by atoms with E-state index in [0.717, 1.165) is 35.9 Å². The van der Waals surface area contributed by atoms with Gasteiger partial charge in [0.2, 0.25) is 0 Å². The number of methoxy groups -OCH3 is 1. The van der Waals surface area contributed by atoms with E-state index in [1.807, 2.05) is 48.5 Å². The van der Waals surface area contributed by atoms with Crippen molar-refractivity contribution >= 4 is 11.4 Å². The second-order valence-electron chi connectivity index (χ2n) is 9.08. The highest BCUT2D eigenvalue weighted by Gasteiger charge is 2.19. The third-order valence-corrected chi connectivity index (χ3v) is 7.00. The molecule has 0 aliphatic carbocycles. The fourth-order valence-corrected chi connectivity index (χ4v) is 4.32. The normalized spacial score (nSPS) is 11.8. The number of hydrogen-bond donors (Lipinski definition) is 0. The Balaban J connectivity index is 1.51. The van der Waals surface area contributed by atoms with Crippen molar-refractivity contribution in [1.82, 2.24) is 0 Å². The van der Waals surface area contributed by atoms with Crippen LogP contribution in [0.25, 0.3) is 0 Å². The Hall–Kier alpha value is -2.40. The Morgan fingerprint density at radius 1 is 0.588 bits per heavy atom. The maximum Gasteiger partial charge on any atom is 0.119 e. The highest BCUT2D eigenvalue weighted by atomic mass is 16.5. The zero-order valence-electron chi connectivity index (χ0n) is 22.0. The summed E-state index contributed by atoms with van der Waals surface area (Å²) >= 11 is 0. The zero-order chi connectivity index (χ0) is 24.5.